The van der Waals surface area contributed by atoms with Gasteiger partial charge in [0.2, 0.25) is 0 Å². The van der Waals surface area contributed by atoms with Crippen molar-refractivity contribution in [3.05, 3.63) is 23.8 Å². The number of carbonyl (C=O) groups is 2. The molecule has 0 spiro atoms. The number of amides is 1. The number of carboxylic acid groups (broad SMARTS) is 1. The number of anilines is 1. The number of rotatable bonds is 4. The summed E-state index contributed by atoms with van der Waals surface area (Å²) in [5.74, 6) is -0.355. The Morgan fingerprint density at radius 2 is 1.80 bits per heavy atom. The molecule has 1 aliphatic carbocycles. The van der Waals surface area contributed by atoms with E-state index in [1.165, 1.54) is 7.11 Å². The number of benzene rings is 1. The van der Waals surface area contributed by atoms with Crippen molar-refractivity contribution in [2.75, 3.05) is 12.4 Å². The number of methoxy groups -OCH3 is 1. The highest BCUT2D eigenvalue weighted by Crippen LogP contribution is 2.42. The second-order valence-corrected chi connectivity index (χ2v) is 7.49. The molecule has 0 unspecified atom stereocenters. The smallest absolute Gasteiger partial charge is 0.412 e. The number of aliphatic carboxylic acids is 1. The Bertz CT molecular complexity index is 642. The molecule has 0 radical (unpaired) electrons. The molecule has 0 aromatic heterocycles. The van der Waals surface area contributed by atoms with Gasteiger partial charge >= 0.3 is 12.1 Å². The van der Waals surface area contributed by atoms with Gasteiger partial charge in [0.05, 0.1) is 18.2 Å². The van der Waals surface area contributed by atoms with E-state index in [1.54, 1.807) is 39.0 Å². The molecule has 0 saturated heterocycles. The summed E-state index contributed by atoms with van der Waals surface area (Å²) in [5.41, 5.74) is -0.429. The van der Waals surface area contributed by atoms with Gasteiger partial charge in [0.25, 0.3) is 0 Å². The zero-order valence-corrected chi connectivity index (χ0v) is 15.3. The molecular weight excluding hydrogens is 322 g/mol. The van der Waals surface area contributed by atoms with E-state index in [1.807, 2.05) is 0 Å². The molecule has 6 heteroatoms. The molecule has 2 N–H and O–H groups in total. The first-order chi connectivity index (χ1) is 11.7. The van der Waals surface area contributed by atoms with Crippen molar-refractivity contribution in [1.29, 1.82) is 0 Å². The maximum absolute atomic E-state index is 12.1. The van der Waals surface area contributed by atoms with Crippen LogP contribution in [-0.4, -0.2) is 29.9 Å². The lowest BCUT2D eigenvalue weighted by Gasteiger charge is -2.34. The van der Waals surface area contributed by atoms with Crippen molar-refractivity contribution in [2.45, 2.75) is 63.9 Å². The van der Waals surface area contributed by atoms with Gasteiger partial charge in [-0.15, -0.1) is 0 Å². The molecule has 138 valence electrons. The molecule has 1 amide bonds. The van der Waals surface area contributed by atoms with E-state index >= 15 is 0 Å². The van der Waals surface area contributed by atoms with E-state index in [4.69, 9.17) is 9.47 Å². The molecule has 1 fully saturated rings. The third-order valence-electron chi connectivity index (χ3n) is 4.50. The van der Waals surface area contributed by atoms with E-state index in [9.17, 15) is 14.7 Å². The summed E-state index contributed by atoms with van der Waals surface area (Å²) in [5, 5.41) is 12.5. The Balaban J connectivity index is 2.35. The highest BCUT2D eigenvalue weighted by atomic mass is 16.6. The van der Waals surface area contributed by atoms with Crippen LogP contribution in [0.2, 0.25) is 0 Å². The first-order valence-electron chi connectivity index (χ1n) is 8.60. The number of carbonyl (C=O) groups excluding carboxylic acids is 1. The first-order valence-corrected chi connectivity index (χ1v) is 8.60. The predicted octanol–water partition coefficient (Wildman–Crippen LogP) is 4.33. The van der Waals surface area contributed by atoms with E-state index < -0.39 is 23.1 Å². The summed E-state index contributed by atoms with van der Waals surface area (Å²) in [6.45, 7) is 5.34. The first kappa shape index (κ1) is 19.1. The summed E-state index contributed by atoms with van der Waals surface area (Å²) < 4.78 is 10.6. The van der Waals surface area contributed by atoms with Gasteiger partial charge in [-0.05, 0) is 51.3 Å². The van der Waals surface area contributed by atoms with Crippen LogP contribution in [0.15, 0.2) is 18.2 Å². The molecule has 1 aromatic carbocycles. The lowest BCUT2D eigenvalue weighted by Crippen LogP contribution is -2.38. The minimum atomic E-state index is -0.908. The lowest BCUT2D eigenvalue weighted by atomic mass is 9.69. The summed E-state index contributed by atoms with van der Waals surface area (Å²) in [7, 11) is 1.50. The number of ether oxygens (including phenoxy) is 2. The summed E-state index contributed by atoms with van der Waals surface area (Å²) in [6, 6.07) is 5.17. The number of carboxylic acids is 1. The van der Waals surface area contributed by atoms with Gasteiger partial charge in [0.1, 0.15) is 11.4 Å². The Morgan fingerprint density at radius 1 is 1.16 bits per heavy atom. The molecule has 2 rings (SSSR count). The Morgan fingerprint density at radius 3 is 2.32 bits per heavy atom. The maximum Gasteiger partial charge on any atom is 0.412 e. The van der Waals surface area contributed by atoms with Crippen LogP contribution >= 0.6 is 0 Å². The number of hydrogen-bond acceptors (Lipinski definition) is 4. The van der Waals surface area contributed by atoms with E-state index in [0.717, 1.165) is 19.3 Å². The molecule has 1 saturated carbocycles. The van der Waals surface area contributed by atoms with Gasteiger partial charge in [-0.2, -0.15) is 0 Å². The summed E-state index contributed by atoms with van der Waals surface area (Å²) in [4.78, 5) is 24.1. The monoisotopic (exact) mass is 349 g/mol. The molecule has 6 nitrogen and oxygen atoms in total. The normalized spacial score (nSPS) is 16.8. The van der Waals surface area contributed by atoms with Crippen LogP contribution in [0, 0.1) is 0 Å². The second kappa shape index (κ2) is 7.33. The van der Waals surface area contributed by atoms with Gasteiger partial charge in [-0.1, -0.05) is 25.3 Å². The minimum Gasteiger partial charge on any atom is -0.495 e. The van der Waals surface area contributed by atoms with Crippen molar-refractivity contribution in [2.24, 2.45) is 0 Å². The molecule has 1 aromatic rings. The van der Waals surface area contributed by atoms with Crippen molar-refractivity contribution < 1.29 is 24.2 Å². The number of hydrogen-bond donors (Lipinski definition) is 2. The average molecular weight is 349 g/mol. The third-order valence-corrected chi connectivity index (χ3v) is 4.50. The molecule has 25 heavy (non-hydrogen) atoms. The number of nitrogens with one attached hydrogen (secondary N) is 1. The van der Waals surface area contributed by atoms with E-state index in [-0.39, 0.29) is 0 Å². The Labute approximate surface area is 148 Å². The van der Waals surface area contributed by atoms with Crippen molar-refractivity contribution in [3.8, 4) is 5.75 Å². The van der Waals surface area contributed by atoms with Gasteiger partial charge < -0.3 is 14.6 Å². The molecule has 0 aliphatic heterocycles. The lowest BCUT2D eigenvalue weighted by molar-refractivity contribution is -0.145. The summed E-state index contributed by atoms with van der Waals surface area (Å²) >= 11 is 0. The van der Waals surface area contributed by atoms with Crippen molar-refractivity contribution >= 4 is 17.7 Å². The topological polar surface area (TPSA) is 84.9 Å². The third kappa shape index (κ3) is 4.44. The van der Waals surface area contributed by atoms with Crippen LogP contribution in [0.5, 0.6) is 5.75 Å². The zero-order chi connectivity index (χ0) is 18.7. The maximum atomic E-state index is 12.1. The highest BCUT2D eigenvalue weighted by Gasteiger charge is 2.41. The Kier molecular flexibility index (Phi) is 5.60. The fourth-order valence-corrected chi connectivity index (χ4v) is 3.30. The standard InChI is InChI=1S/C19H27NO5/c1-18(2,3)25-17(23)20-14-12-13(8-9-15(14)24-4)19(16(21)22)10-6-5-7-11-19/h8-9,12H,5-7,10-11H2,1-4H3,(H,20,23)(H,21,22). The average Bonchev–Trinajstić information content (AvgIpc) is 2.53. The van der Waals surface area contributed by atoms with Crippen molar-refractivity contribution in [1.82, 2.24) is 0 Å². The van der Waals surface area contributed by atoms with E-state index in [2.05, 4.69) is 5.32 Å². The summed E-state index contributed by atoms with van der Waals surface area (Å²) in [6.07, 6.45) is 3.41. The van der Waals surface area contributed by atoms with Crippen LogP contribution in [0.3, 0.4) is 0 Å². The van der Waals surface area contributed by atoms with Gasteiger partial charge in [-0.3, -0.25) is 10.1 Å². The van der Waals surface area contributed by atoms with Crippen LogP contribution in [0.25, 0.3) is 0 Å². The Hall–Kier alpha value is -2.24. The van der Waals surface area contributed by atoms with Crippen molar-refractivity contribution in [3.63, 3.8) is 0 Å². The largest absolute Gasteiger partial charge is 0.495 e. The fraction of sp³-hybridized carbons (Fsp3) is 0.579. The van der Waals surface area contributed by atoms with Gasteiger partial charge in [-0.25, -0.2) is 4.79 Å². The zero-order valence-electron chi connectivity index (χ0n) is 15.3. The quantitative estimate of drug-likeness (QED) is 0.845. The highest BCUT2D eigenvalue weighted by molar-refractivity contribution is 5.88. The molecule has 0 bridgehead atoms. The molecular formula is C19H27NO5. The van der Waals surface area contributed by atoms with Crippen LogP contribution in [0.4, 0.5) is 10.5 Å². The van der Waals surface area contributed by atoms with Crippen LogP contribution < -0.4 is 10.1 Å². The van der Waals surface area contributed by atoms with E-state index in [0.29, 0.717) is 29.8 Å². The van der Waals surface area contributed by atoms with Crippen LogP contribution in [0.1, 0.15) is 58.4 Å². The molecule has 0 heterocycles. The minimum absolute atomic E-state index is 0.417. The second-order valence-electron chi connectivity index (χ2n) is 7.49. The van der Waals surface area contributed by atoms with Gasteiger partial charge in [0.15, 0.2) is 0 Å². The SMILES string of the molecule is COc1ccc(C2(C(=O)O)CCCCC2)cc1NC(=O)OC(C)(C)C. The molecule has 1 aliphatic rings. The van der Waals surface area contributed by atoms with Crippen LogP contribution in [-0.2, 0) is 14.9 Å². The fourth-order valence-electron chi connectivity index (χ4n) is 3.30. The van der Waals surface area contributed by atoms with Gasteiger partial charge in [0, 0.05) is 0 Å². The molecule has 0 atom stereocenters. The predicted molar refractivity (Wildman–Crippen MR) is 95.2 cm³/mol.